The van der Waals surface area contributed by atoms with E-state index in [0.717, 1.165) is 43.3 Å². The highest BCUT2D eigenvalue weighted by atomic mass is 16.2. The van der Waals surface area contributed by atoms with E-state index in [1.165, 1.54) is 0 Å². The van der Waals surface area contributed by atoms with Gasteiger partial charge in [-0.05, 0) is 49.1 Å². The first kappa shape index (κ1) is 22.1. The lowest BCUT2D eigenvalue weighted by atomic mass is 9.85. The lowest BCUT2D eigenvalue weighted by Crippen LogP contribution is -2.58. The standard InChI is InChI=1S/C24H33N7O/c1-23(2,16-25)17-27-22(29-19-7-6-12-26-15-19)30-13-10-24(11-14-30)21(32)28-18-31(24)20-8-4-3-5-9-20/h3-9,12,15H,10-11,13-14,16-18,25H2,1-2H3,(H,27,29)(H,28,32). The number of hydrogen-bond donors (Lipinski definition) is 3. The van der Waals surface area contributed by atoms with Gasteiger partial charge >= 0.3 is 0 Å². The van der Waals surface area contributed by atoms with Crippen molar-refractivity contribution in [3.63, 3.8) is 0 Å². The van der Waals surface area contributed by atoms with E-state index in [0.29, 0.717) is 19.8 Å². The lowest BCUT2D eigenvalue weighted by molar-refractivity contribution is -0.124. The Balaban J connectivity index is 1.53. The van der Waals surface area contributed by atoms with Crippen LogP contribution in [0.15, 0.2) is 59.9 Å². The molecule has 1 aromatic carbocycles. The molecule has 0 radical (unpaired) electrons. The van der Waals surface area contributed by atoms with Crippen molar-refractivity contribution in [1.82, 2.24) is 15.2 Å². The summed E-state index contributed by atoms with van der Waals surface area (Å²) in [6, 6.07) is 14.0. The van der Waals surface area contributed by atoms with E-state index in [-0.39, 0.29) is 11.3 Å². The molecule has 32 heavy (non-hydrogen) atoms. The second-order valence-electron chi connectivity index (χ2n) is 9.32. The molecule has 0 bridgehead atoms. The Morgan fingerprint density at radius 1 is 1.22 bits per heavy atom. The summed E-state index contributed by atoms with van der Waals surface area (Å²) >= 11 is 0. The van der Waals surface area contributed by atoms with Gasteiger partial charge in [-0.1, -0.05) is 32.0 Å². The average Bonchev–Trinajstić information content (AvgIpc) is 3.14. The van der Waals surface area contributed by atoms with Crippen molar-refractivity contribution in [3.8, 4) is 0 Å². The molecule has 2 aromatic rings. The molecule has 0 aliphatic carbocycles. The van der Waals surface area contributed by atoms with Crippen LogP contribution in [0, 0.1) is 5.41 Å². The molecule has 4 rings (SSSR count). The molecule has 2 aliphatic rings. The van der Waals surface area contributed by atoms with E-state index in [2.05, 4.69) is 51.4 Å². The van der Waals surface area contributed by atoms with Gasteiger partial charge in [0.15, 0.2) is 5.96 Å². The van der Waals surface area contributed by atoms with Gasteiger partial charge in [-0.25, -0.2) is 0 Å². The third kappa shape index (κ3) is 4.55. The van der Waals surface area contributed by atoms with Crippen molar-refractivity contribution in [3.05, 3.63) is 54.9 Å². The fraction of sp³-hybridized carbons (Fsp3) is 0.458. The maximum Gasteiger partial charge on any atom is 0.247 e. The third-order valence-electron chi connectivity index (χ3n) is 6.42. The second-order valence-corrected chi connectivity index (χ2v) is 9.32. The number of anilines is 2. The molecule has 0 atom stereocenters. The monoisotopic (exact) mass is 435 g/mol. The van der Waals surface area contributed by atoms with Gasteiger partial charge in [-0.15, -0.1) is 0 Å². The molecular weight excluding hydrogens is 402 g/mol. The zero-order valence-electron chi connectivity index (χ0n) is 18.9. The quantitative estimate of drug-likeness (QED) is 0.492. The molecular formula is C24H33N7O. The normalized spacial score (nSPS) is 18.7. The highest BCUT2D eigenvalue weighted by Gasteiger charge is 2.50. The summed E-state index contributed by atoms with van der Waals surface area (Å²) in [4.78, 5) is 26.5. The number of aliphatic imine (C=N–C) groups is 1. The summed E-state index contributed by atoms with van der Waals surface area (Å²) in [7, 11) is 0. The van der Waals surface area contributed by atoms with Crippen LogP contribution < -0.4 is 21.3 Å². The number of rotatable bonds is 5. The molecule has 8 heteroatoms. The molecule has 170 valence electrons. The molecule has 2 aliphatic heterocycles. The molecule has 0 saturated carbocycles. The summed E-state index contributed by atoms with van der Waals surface area (Å²) < 4.78 is 0. The average molecular weight is 436 g/mol. The maximum atomic E-state index is 13.0. The molecule has 2 saturated heterocycles. The number of benzene rings is 1. The highest BCUT2D eigenvalue weighted by molar-refractivity contribution is 5.96. The fourth-order valence-corrected chi connectivity index (χ4v) is 4.26. The van der Waals surface area contributed by atoms with E-state index < -0.39 is 5.54 Å². The summed E-state index contributed by atoms with van der Waals surface area (Å²) in [5.74, 6) is 0.919. The van der Waals surface area contributed by atoms with Gasteiger partial charge in [-0.2, -0.15) is 0 Å². The zero-order valence-corrected chi connectivity index (χ0v) is 18.9. The Labute approximate surface area is 189 Å². The number of aromatic nitrogens is 1. The summed E-state index contributed by atoms with van der Waals surface area (Å²) in [6.45, 7) is 7.41. The van der Waals surface area contributed by atoms with Gasteiger partial charge in [0, 0.05) is 31.5 Å². The molecule has 2 fully saturated rings. The minimum absolute atomic E-state index is 0.0890. The van der Waals surface area contributed by atoms with Gasteiger partial charge in [-0.3, -0.25) is 14.8 Å². The number of hydrogen-bond acceptors (Lipinski definition) is 5. The van der Waals surface area contributed by atoms with E-state index in [4.69, 9.17) is 10.7 Å². The first-order chi connectivity index (χ1) is 15.4. The van der Waals surface area contributed by atoms with Crippen LogP contribution in [-0.2, 0) is 4.79 Å². The predicted octanol–water partition coefficient (Wildman–Crippen LogP) is 2.26. The Hall–Kier alpha value is -3.13. The number of piperidine rings is 1. The number of para-hydroxylation sites is 1. The van der Waals surface area contributed by atoms with Crippen molar-refractivity contribution in [2.24, 2.45) is 16.1 Å². The first-order valence-electron chi connectivity index (χ1n) is 11.2. The molecule has 8 nitrogen and oxygen atoms in total. The first-order valence-corrected chi connectivity index (χ1v) is 11.2. The van der Waals surface area contributed by atoms with Gasteiger partial charge in [0.1, 0.15) is 5.54 Å². The van der Waals surface area contributed by atoms with Crippen molar-refractivity contribution >= 4 is 23.2 Å². The lowest BCUT2D eigenvalue weighted by Gasteiger charge is -2.44. The van der Waals surface area contributed by atoms with Crippen LogP contribution in [0.3, 0.4) is 0 Å². The minimum atomic E-state index is -0.520. The Morgan fingerprint density at radius 2 is 1.97 bits per heavy atom. The van der Waals surface area contributed by atoms with E-state index >= 15 is 0 Å². The SMILES string of the molecule is CC(C)(CN)CN=C(Nc1cccnc1)N1CCC2(CC1)C(=O)NCN2c1ccccc1. The van der Waals surface area contributed by atoms with Crippen LogP contribution in [-0.4, -0.2) is 60.1 Å². The Bertz CT molecular complexity index is 937. The number of nitrogens with one attached hydrogen (secondary N) is 2. The van der Waals surface area contributed by atoms with Crippen LogP contribution in [0.1, 0.15) is 26.7 Å². The number of amides is 1. The number of carbonyl (C=O) groups is 1. The summed E-state index contributed by atoms with van der Waals surface area (Å²) in [6.07, 6.45) is 4.99. The number of carbonyl (C=O) groups excluding carboxylic acids is 1. The van der Waals surface area contributed by atoms with Gasteiger partial charge < -0.3 is 26.2 Å². The Kier molecular flexibility index (Phi) is 6.32. The molecule has 1 amide bonds. The molecule has 1 spiro atoms. The molecule has 1 aromatic heterocycles. The third-order valence-corrected chi connectivity index (χ3v) is 6.42. The molecule has 3 heterocycles. The van der Waals surface area contributed by atoms with Crippen molar-refractivity contribution in [2.45, 2.75) is 32.2 Å². The number of pyridine rings is 1. The minimum Gasteiger partial charge on any atom is -0.343 e. The van der Waals surface area contributed by atoms with E-state index in [1.807, 2.05) is 30.3 Å². The summed E-state index contributed by atoms with van der Waals surface area (Å²) in [5.41, 5.74) is 7.28. The highest BCUT2D eigenvalue weighted by Crippen LogP contribution is 2.36. The van der Waals surface area contributed by atoms with Crippen molar-refractivity contribution in [1.29, 1.82) is 0 Å². The topological polar surface area (TPSA) is 98.9 Å². The van der Waals surface area contributed by atoms with Crippen LogP contribution in [0.5, 0.6) is 0 Å². The van der Waals surface area contributed by atoms with E-state index in [9.17, 15) is 4.79 Å². The van der Waals surface area contributed by atoms with Crippen LogP contribution >= 0.6 is 0 Å². The number of likely N-dealkylation sites (tertiary alicyclic amines) is 1. The molecule has 4 N–H and O–H groups in total. The Morgan fingerprint density at radius 3 is 2.62 bits per heavy atom. The number of guanidine groups is 1. The predicted molar refractivity (Wildman–Crippen MR) is 128 cm³/mol. The fourth-order valence-electron chi connectivity index (χ4n) is 4.26. The zero-order chi connectivity index (χ0) is 22.6. The number of nitrogens with zero attached hydrogens (tertiary/aromatic N) is 4. The van der Waals surface area contributed by atoms with E-state index in [1.54, 1.807) is 12.4 Å². The van der Waals surface area contributed by atoms with Crippen molar-refractivity contribution < 1.29 is 4.79 Å². The van der Waals surface area contributed by atoms with Crippen LogP contribution in [0.2, 0.25) is 0 Å². The summed E-state index contributed by atoms with van der Waals surface area (Å²) in [5, 5.41) is 6.50. The largest absolute Gasteiger partial charge is 0.343 e. The van der Waals surface area contributed by atoms with Crippen LogP contribution in [0.4, 0.5) is 11.4 Å². The van der Waals surface area contributed by atoms with Gasteiger partial charge in [0.05, 0.1) is 18.6 Å². The van der Waals surface area contributed by atoms with Gasteiger partial charge in [0.25, 0.3) is 0 Å². The van der Waals surface area contributed by atoms with Crippen molar-refractivity contribution in [2.75, 3.05) is 43.1 Å². The van der Waals surface area contributed by atoms with Gasteiger partial charge in [0.2, 0.25) is 5.91 Å². The molecule has 0 unspecified atom stereocenters. The number of nitrogens with two attached hydrogens (primary N) is 1. The smallest absolute Gasteiger partial charge is 0.247 e. The second kappa shape index (κ2) is 9.16. The maximum absolute atomic E-state index is 13.0. The van der Waals surface area contributed by atoms with Crippen LogP contribution in [0.25, 0.3) is 0 Å².